The third-order valence-electron chi connectivity index (χ3n) is 3.98. The highest BCUT2D eigenvalue weighted by Crippen LogP contribution is 2.46. The first-order chi connectivity index (χ1) is 10.8. The maximum atomic E-state index is 13.9. The smallest absolute Gasteiger partial charge is 0.310 e. The molecule has 1 heterocycles. The number of urea groups is 1. The summed E-state index contributed by atoms with van der Waals surface area (Å²) in [5.41, 5.74) is -2.67. The fraction of sp³-hybridized carbons (Fsp3) is 0.438. The number of nitrogens with zero attached hydrogens (tertiary/aromatic N) is 1. The van der Waals surface area contributed by atoms with Gasteiger partial charge in [-0.1, -0.05) is 23.4 Å². The van der Waals surface area contributed by atoms with E-state index < -0.39 is 17.7 Å². The van der Waals surface area contributed by atoms with E-state index >= 15 is 0 Å². The normalized spacial score (nSPS) is 23.7. The quantitative estimate of drug-likeness (QED) is 0.767. The van der Waals surface area contributed by atoms with Gasteiger partial charge in [0.25, 0.3) is 0 Å². The van der Waals surface area contributed by atoms with E-state index in [0.29, 0.717) is 0 Å². The Hall–Kier alpha value is -1.87. The average Bonchev–Trinajstić information content (AvgIpc) is 3.28. The Morgan fingerprint density at radius 3 is 2.70 bits per heavy atom. The summed E-state index contributed by atoms with van der Waals surface area (Å²) in [5.74, 6) is 4.91. The van der Waals surface area contributed by atoms with Gasteiger partial charge in [0.15, 0.2) is 0 Å². The van der Waals surface area contributed by atoms with Crippen molar-refractivity contribution in [1.82, 2.24) is 5.32 Å². The van der Waals surface area contributed by atoms with Crippen LogP contribution in [0.1, 0.15) is 25.3 Å². The molecule has 1 aliphatic heterocycles. The molecule has 0 bridgehead atoms. The van der Waals surface area contributed by atoms with E-state index in [4.69, 9.17) is 11.6 Å². The molecule has 1 aliphatic carbocycles. The molecule has 1 aromatic carbocycles. The summed E-state index contributed by atoms with van der Waals surface area (Å²) in [4.78, 5) is 13.5. The first kappa shape index (κ1) is 16.0. The number of benzene rings is 1. The molecule has 7 heteroatoms. The molecule has 2 amide bonds. The predicted octanol–water partition coefficient (Wildman–Crippen LogP) is 4.06. The number of anilines is 1. The van der Waals surface area contributed by atoms with Gasteiger partial charge in [-0.15, -0.1) is 0 Å². The second-order valence-corrected chi connectivity index (χ2v) is 6.06. The zero-order valence-corrected chi connectivity index (χ0v) is 13.1. The van der Waals surface area contributed by atoms with Crippen LogP contribution in [0.5, 0.6) is 0 Å². The number of fused-ring (bicyclic) bond motifs is 1. The van der Waals surface area contributed by atoms with Crippen LogP contribution in [0.4, 0.5) is 23.7 Å². The second kappa shape index (κ2) is 5.34. The van der Waals surface area contributed by atoms with Crippen LogP contribution in [0.25, 0.3) is 0 Å². The Bertz CT molecular complexity index is 718. The van der Waals surface area contributed by atoms with Gasteiger partial charge in [0, 0.05) is 23.0 Å². The maximum Gasteiger partial charge on any atom is 0.427 e. The van der Waals surface area contributed by atoms with Crippen LogP contribution in [0.2, 0.25) is 5.02 Å². The van der Waals surface area contributed by atoms with Crippen LogP contribution in [-0.4, -0.2) is 18.8 Å². The lowest BCUT2D eigenvalue weighted by Gasteiger charge is -2.41. The van der Waals surface area contributed by atoms with E-state index in [1.165, 1.54) is 23.1 Å². The Morgan fingerprint density at radius 2 is 2.13 bits per heavy atom. The summed E-state index contributed by atoms with van der Waals surface area (Å²) in [6.07, 6.45) is -3.18. The van der Waals surface area contributed by atoms with Crippen molar-refractivity contribution < 1.29 is 18.0 Å². The van der Waals surface area contributed by atoms with Crippen molar-refractivity contribution in [3.63, 3.8) is 0 Å². The van der Waals surface area contributed by atoms with Crippen molar-refractivity contribution >= 4 is 23.3 Å². The van der Waals surface area contributed by atoms with Gasteiger partial charge >= 0.3 is 12.2 Å². The highest BCUT2D eigenvalue weighted by Gasteiger charge is 2.60. The number of carbonyl (C=O) groups excluding carboxylic acids is 1. The zero-order valence-electron chi connectivity index (χ0n) is 12.3. The molecule has 0 aromatic heterocycles. The molecule has 3 rings (SSSR count). The summed E-state index contributed by atoms with van der Waals surface area (Å²) in [6.45, 7) is 1.93. The largest absolute Gasteiger partial charge is 0.427 e. The van der Waals surface area contributed by atoms with Gasteiger partial charge in [0.05, 0.1) is 5.69 Å². The molecule has 23 heavy (non-hydrogen) atoms. The molecular weight excluding hydrogens is 329 g/mol. The van der Waals surface area contributed by atoms with Gasteiger partial charge in [0.1, 0.15) is 0 Å². The molecule has 1 N–H and O–H groups in total. The third kappa shape index (κ3) is 2.63. The molecular formula is C16H14ClF3N2O. The number of nitrogens with one attached hydrogen (secondary N) is 1. The summed E-state index contributed by atoms with van der Waals surface area (Å²) >= 11 is 5.91. The van der Waals surface area contributed by atoms with Crippen molar-refractivity contribution in [2.24, 2.45) is 5.92 Å². The second-order valence-electron chi connectivity index (χ2n) is 5.63. The molecule has 1 aromatic rings. The van der Waals surface area contributed by atoms with E-state index in [2.05, 4.69) is 17.2 Å². The zero-order chi connectivity index (χ0) is 16.8. The Morgan fingerprint density at radius 1 is 1.43 bits per heavy atom. The molecule has 0 spiro atoms. The third-order valence-corrected chi connectivity index (χ3v) is 4.21. The van der Waals surface area contributed by atoms with Gasteiger partial charge in [-0.2, -0.15) is 13.2 Å². The lowest BCUT2D eigenvalue weighted by molar-refractivity contribution is -0.179. The molecule has 0 unspecified atom stereocenters. The van der Waals surface area contributed by atoms with Crippen LogP contribution in [0.3, 0.4) is 0 Å². The van der Waals surface area contributed by atoms with Crippen molar-refractivity contribution in [1.29, 1.82) is 0 Å². The summed E-state index contributed by atoms with van der Waals surface area (Å²) in [5, 5.41) is 2.23. The molecule has 1 saturated carbocycles. The minimum absolute atomic E-state index is 0.0297. The summed E-state index contributed by atoms with van der Waals surface area (Å²) in [7, 11) is 0. The Balaban J connectivity index is 2.25. The standard InChI is InChI=1S/C16H14ClF3N2O/c1-2-22-13-6-5-11(17)9-12(13)15(16(18,19)20,21-14(22)23)8-7-10-3-4-10/h5-6,9-10H,2-4H2,1H3,(H,21,23)/t15-/m0/s1. The number of hydrogen-bond donors (Lipinski definition) is 1. The topological polar surface area (TPSA) is 32.3 Å². The molecule has 1 atom stereocenters. The van der Waals surface area contributed by atoms with E-state index in [9.17, 15) is 18.0 Å². The fourth-order valence-corrected chi connectivity index (χ4v) is 2.77. The first-order valence-electron chi connectivity index (χ1n) is 7.27. The minimum Gasteiger partial charge on any atom is -0.310 e. The molecule has 0 radical (unpaired) electrons. The van der Waals surface area contributed by atoms with Crippen LogP contribution in [0, 0.1) is 17.8 Å². The maximum absolute atomic E-state index is 13.9. The van der Waals surface area contributed by atoms with Crippen molar-refractivity contribution in [2.75, 3.05) is 11.4 Å². The first-order valence-corrected chi connectivity index (χ1v) is 7.65. The number of rotatable bonds is 1. The highest BCUT2D eigenvalue weighted by atomic mass is 35.5. The lowest BCUT2D eigenvalue weighted by atomic mass is 9.85. The summed E-state index contributed by atoms with van der Waals surface area (Å²) in [6, 6.07) is 3.31. The highest BCUT2D eigenvalue weighted by molar-refractivity contribution is 6.30. The van der Waals surface area contributed by atoms with E-state index in [1.54, 1.807) is 6.92 Å². The van der Waals surface area contributed by atoms with Gasteiger partial charge in [0.2, 0.25) is 5.54 Å². The number of alkyl halides is 3. The average molecular weight is 343 g/mol. The molecule has 122 valence electrons. The number of hydrogen-bond acceptors (Lipinski definition) is 1. The van der Waals surface area contributed by atoms with Crippen LogP contribution in [0.15, 0.2) is 18.2 Å². The Kier molecular flexibility index (Phi) is 3.72. The van der Waals surface area contributed by atoms with E-state index in [0.717, 1.165) is 12.8 Å². The SMILES string of the molecule is CCN1C(=O)N[C@](C#CC2CC2)(C(F)(F)F)c2cc(Cl)ccc21. The van der Waals surface area contributed by atoms with Crippen molar-refractivity contribution in [2.45, 2.75) is 31.5 Å². The molecule has 0 saturated heterocycles. The Labute approximate surface area is 136 Å². The van der Waals surface area contributed by atoms with Gasteiger partial charge < -0.3 is 5.32 Å². The molecule has 1 fully saturated rings. The molecule has 3 nitrogen and oxygen atoms in total. The van der Waals surface area contributed by atoms with Gasteiger partial charge in [-0.3, -0.25) is 4.90 Å². The molecule has 2 aliphatic rings. The van der Waals surface area contributed by atoms with Crippen molar-refractivity contribution in [3.8, 4) is 11.8 Å². The van der Waals surface area contributed by atoms with Crippen molar-refractivity contribution in [3.05, 3.63) is 28.8 Å². The van der Waals surface area contributed by atoms with E-state index in [1.807, 2.05) is 0 Å². The van der Waals surface area contributed by atoms with Crippen LogP contribution < -0.4 is 10.2 Å². The summed E-state index contributed by atoms with van der Waals surface area (Å²) < 4.78 is 41.7. The number of halogens is 4. The monoisotopic (exact) mass is 342 g/mol. The van der Waals surface area contributed by atoms with Crippen LogP contribution in [-0.2, 0) is 5.54 Å². The van der Waals surface area contributed by atoms with Gasteiger partial charge in [-0.25, -0.2) is 4.79 Å². The fourth-order valence-electron chi connectivity index (χ4n) is 2.59. The van der Waals surface area contributed by atoms with Gasteiger partial charge in [-0.05, 0) is 38.0 Å². The predicted molar refractivity (Wildman–Crippen MR) is 81.2 cm³/mol. The van der Waals surface area contributed by atoms with E-state index in [-0.39, 0.29) is 28.7 Å². The lowest BCUT2D eigenvalue weighted by Crippen LogP contribution is -2.62. The number of carbonyl (C=O) groups is 1. The minimum atomic E-state index is -4.76. The number of amides is 2. The van der Waals surface area contributed by atoms with Crippen LogP contribution >= 0.6 is 11.6 Å².